The molecule has 69 heavy (non-hydrogen) atoms. The maximum Gasteiger partial charge on any atom is 0.0714 e. The van der Waals surface area contributed by atoms with Crippen LogP contribution >= 0.6 is 0 Å². The zero-order chi connectivity index (χ0) is 46.0. The fourth-order valence-electron chi connectivity index (χ4n) is 10.7. The van der Waals surface area contributed by atoms with Gasteiger partial charge >= 0.3 is 0 Å². The van der Waals surface area contributed by atoms with E-state index in [1.165, 1.54) is 38.9 Å². The highest BCUT2D eigenvalue weighted by atomic mass is 15.2. The zero-order valence-electron chi connectivity index (χ0n) is 38.1. The van der Waals surface area contributed by atoms with E-state index in [2.05, 4.69) is 301 Å². The van der Waals surface area contributed by atoms with Crippen molar-refractivity contribution in [2.24, 2.45) is 0 Å². The Morgan fingerprint density at radius 3 is 1.28 bits per heavy atom. The summed E-state index contributed by atoms with van der Waals surface area (Å²) in [6.45, 7) is 0. The van der Waals surface area contributed by atoms with E-state index >= 15 is 0 Å². The second-order valence-corrected chi connectivity index (χ2v) is 17.6. The first-order valence-corrected chi connectivity index (χ1v) is 23.8. The van der Waals surface area contributed by atoms with Crippen molar-refractivity contribution in [3.8, 4) is 44.5 Å². The van der Waals surface area contributed by atoms with Gasteiger partial charge in [-0.25, -0.2) is 0 Å². The second kappa shape index (κ2) is 18.0. The van der Waals surface area contributed by atoms with Crippen LogP contribution in [0.25, 0.3) is 44.5 Å². The molecule has 0 saturated carbocycles. The Balaban J connectivity index is 1.17. The number of hydrogen-bond acceptors (Lipinski definition) is 2. The summed E-state index contributed by atoms with van der Waals surface area (Å²) in [6.07, 6.45) is 0. The van der Waals surface area contributed by atoms with Crippen LogP contribution in [-0.2, 0) is 5.41 Å². The van der Waals surface area contributed by atoms with E-state index in [0.717, 1.165) is 61.9 Å². The molecule has 12 rings (SSSR count). The van der Waals surface area contributed by atoms with Gasteiger partial charge in [0.25, 0.3) is 0 Å². The summed E-state index contributed by atoms with van der Waals surface area (Å²) < 4.78 is 0. The van der Waals surface area contributed by atoms with E-state index in [4.69, 9.17) is 0 Å². The maximum absolute atomic E-state index is 2.52. The Labute approximate surface area is 405 Å². The Bertz CT molecular complexity index is 3440. The summed E-state index contributed by atoms with van der Waals surface area (Å²) in [7, 11) is 0. The van der Waals surface area contributed by atoms with Crippen LogP contribution in [0.3, 0.4) is 0 Å². The highest BCUT2D eigenvalue weighted by Gasteiger charge is 2.47. The third-order valence-corrected chi connectivity index (χ3v) is 13.7. The molecular formula is C67H48N2. The third-order valence-electron chi connectivity index (χ3n) is 13.7. The van der Waals surface area contributed by atoms with Gasteiger partial charge in [-0.2, -0.15) is 0 Å². The normalized spacial score (nSPS) is 12.2. The SMILES string of the molecule is c1ccc(-c2cccc(N(c3ccccc3-c3ccccc3)c3cc4c(cc3-c3ccc(N(c5ccccc5)c5ccccc5)cc3)-c3ccccc3C4(c3ccccc3)c3ccccc3)c2)cc1. The minimum Gasteiger partial charge on any atom is -0.311 e. The second-order valence-electron chi connectivity index (χ2n) is 17.6. The molecule has 0 aliphatic heterocycles. The number of anilines is 6. The third kappa shape index (κ3) is 7.40. The summed E-state index contributed by atoms with van der Waals surface area (Å²) in [5.41, 5.74) is 20.3. The molecule has 0 N–H and O–H groups in total. The average Bonchev–Trinajstić information content (AvgIpc) is 3.73. The van der Waals surface area contributed by atoms with Gasteiger partial charge in [0.1, 0.15) is 0 Å². The quantitative estimate of drug-likeness (QED) is 0.128. The predicted octanol–water partition coefficient (Wildman–Crippen LogP) is 18.0. The maximum atomic E-state index is 2.52. The molecule has 0 unspecified atom stereocenters. The van der Waals surface area contributed by atoms with Gasteiger partial charge in [0.15, 0.2) is 0 Å². The Kier molecular flexibility index (Phi) is 10.8. The number of rotatable bonds is 11. The lowest BCUT2D eigenvalue weighted by Gasteiger charge is -2.36. The molecule has 1 aliphatic carbocycles. The minimum atomic E-state index is -0.603. The molecule has 0 aromatic heterocycles. The van der Waals surface area contributed by atoms with Gasteiger partial charge in [-0.05, 0) is 122 Å². The number of hydrogen-bond donors (Lipinski definition) is 0. The lowest BCUT2D eigenvalue weighted by atomic mass is 9.67. The van der Waals surface area contributed by atoms with Crippen LogP contribution in [0.5, 0.6) is 0 Å². The number of fused-ring (bicyclic) bond motifs is 3. The molecule has 0 amide bonds. The first kappa shape index (κ1) is 41.5. The van der Waals surface area contributed by atoms with Crippen LogP contribution < -0.4 is 9.80 Å². The van der Waals surface area contributed by atoms with E-state index in [1.807, 2.05) is 0 Å². The molecule has 0 heterocycles. The van der Waals surface area contributed by atoms with Gasteiger partial charge in [-0.1, -0.05) is 224 Å². The van der Waals surface area contributed by atoms with Crippen LogP contribution in [-0.4, -0.2) is 0 Å². The van der Waals surface area contributed by atoms with Crippen molar-refractivity contribution in [1.29, 1.82) is 0 Å². The fourth-order valence-corrected chi connectivity index (χ4v) is 10.7. The van der Waals surface area contributed by atoms with Gasteiger partial charge in [0, 0.05) is 33.9 Å². The van der Waals surface area contributed by atoms with Crippen molar-refractivity contribution < 1.29 is 0 Å². The van der Waals surface area contributed by atoms with E-state index in [-0.39, 0.29) is 0 Å². The summed E-state index contributed by atoms with van der Waals surface area (Å²) in [5.74, 6) is 0. The Hall–Kier alpha value is -8.98. The molecule has 0 spiro atoms. The zero-order valence-corrected chi connectivity index (χ0v) is 38.1. The first-order valence-electron chi connectivity index (χ1n) is 23.8. The van der Waals surface area contributed by atoms with Crippen molar-refractivity contribution in [1.82, 2.24) is 0 Å². The highest BCUT2D eigenvalue weighted by Crippen LogP contribution is 2.59. The largest absolute Gasteiger partial charge is 0.311 e. The summed E-state index contributed by atoms with van der Waals surface area (Å²) in [6, 6.07) is 106. The molecule has 0 radical (unpaired) electrons. The molecule has 0 saturated heterocycles. The van der Waals surface area contributed by atoms with E-state index < -0.39 is 5.41 Å². The average molecular weight is 881 g/mol. The van der Waals surface area contributed by atoms with Crippen LogP contribution in [0, 0.1) is 0 Å². The fraction of sp³-hybridized carbons (Fsp3) is 0.0149. The van der Waals surface area contributed by atoms with Crippen molar-refractivity contribution in [3.05, 3.63) is 313 Å². The standard InChI is InChI=1S/C67H48N2/c1-7-24-49(25-8-1)52-28-23-37-58(46-52)69(65-41-22-20-38-59(65)50-26-9-2-10-27-50)66-48-64-62(60-39-19-21-40-63(60)67(64,53-29-11-3-12-30-53)54-31-13-4-14-32-54)47-61(66)51-42-44-57(45-43-51)68(55-33-15-5-16-34-55)56-35-17-6-18-36-56/h1-48H. The number of benzene rings is 11. The summed E-state index contributed by atoms with van der Waals surface area (Å²) >= 11 is 0. The predicted molar refractivity (Wildman–Crippen MR) is 289 cm³/mol. The van der Waals surface area contributed by atoms with Crippen molar-refractivity contribution >= 4 is 34.1 Å². The van der Waals surface area contributed by atoms with Gasteiger partial charge < -0.3 is 9.80 Å². The smallest absolute Gasteiger partial charge is 0.0714 e. The van der Waals surface area contributed by atoms with Gasteiger partial charge in [0.2, 0.25) is 0 Å². The van der Waals surface area contributed by atoms with Crippen LogP contribution in [0.2, 0.25) is 0 Å². The van der Waals surface area contributed by atoms with Crippen molar-refractivity contribution in [2.45, 2.75) is 5.41 Å². The van der Waals surface area contributed by atoms with Crippen LogP contribution in [0.15, 0.2) is 291 Å². The molecule has 2 heteroatoms. The minimum absolute atomic E-state index is 0.603. The lowest BCUT2D eigenvalue weighted by Crippen LogP contribution is -2.28. The summed E-state index contributed by atoms with van der Waals surface area (Å²) in [5, 5.41) is 0. The van der Waals surface area contributed by atoms with Crippen molar-refractivity contribution in [3.63, 3.8) is 0 Å². The molecule has 1 aliphatic rings. The molecule has 0 atom stereocenters. The molecule has 11 aromatic carbocycles. The summed E-state index contributed by atoms with van der Waals surface area (Å²) in [4.78, 5) is 4.84. The molecule has 2 nitrogen and oxygen atoms in total. The number of nitrogens with zero attached hydrogens (tertiary/aromatic N) is 2. The van der Waals surface area contributed by atoms with Gasteiger partial charge in [-0.3, -0.25) is 0 Å². The van der Waals surface area contributed by atoms with Gasteiger partial charge in [0.05, 0.1) is 16.8 Å². The first-order chi connectivity index (χ1) is 34.3. The Morgan fingerprint density at radius 1 is 0.217 bits per heavy atom. The van der Waals surface area contributed by atoms with Crippen LogP contribution in [0.4, 0.5) is 34.1 Å². The van der Waals surface area contributed by atoms with E-state index in [9.17, 15) is 0 Å². The molecule has 11 aromatic rings. The molecule has 0 fully saturated rings. The topological polar surface area (TPSA) is 6.48 Å². The molecular weight excluding hydrogens is 833 g/mol. The van der Waals surface area contributed by atoms with Crippen LogP contribution in [0.1, 0.15) is 22.3 Å². The van der Waals surface area contributed by atoms with Gasteiger partial charge in [-0.15, -0.1) is 0 Å². The van der Waals surface area contributed by atoms with E-state index in [0.29, 0.717) is 0 Å². The number of para-hydroxylation sites is 3. The Morgan fingerprint density at radius 2 is 0.667 bits per heavy atom. The monoisotopic (exact) mass is 880 g/mol. The highest BCUT2D eigenvalue weighted by molar-refractivity contribution is 5.99. The van der Waals surface area contributed by atoms with E-state index in [1.54, 1.807) is 0 Å². The van der Waals surface area contributed by atoms with Crippen molar-refractivity contribution in [2.75, 3.05) is 9.80 Å². The lowest BCUT2D eigenvalue weighted by molar-refractivity contribution is 0.768. The molecule has 0 bridgehead atoms. The molecule has 326 valence electrons.